The van der Waals surface area contributed by atoms with Crippen molar-refractivity contribution in [1.82, 2.24) is 0 Å². The van der Waals surface area contributed by atoms with Gasteiger partial charge in [0.25, 0.3) is 0 Å². The summed E-state index contributed by atoms with van der Waals surface area (Å²) in [6.07, 6.45) is 1.41. The fraction of sp³-hybridized carbons (Fsp3) is 0.545. The quantitative estimate of drug-likeness (QED) is 0.879. The predicted molar refractivity (Wildman–Crippen MR) is 63.8 cm³/mol. The van der Waals surface area contributed by atoms with E-state index in [2.05, 4.69) is 0 Å². The molecule has 0 spiro atoms. The maximum absolute atomic E-state index is 10.9. The van der Waals surface area contributed by atoms with Crippen LogP contribution >= 0.6 is 22.9 Å². The molecule has 0 aliphatic heterocycles. The Hall–Kier alpha value is -0.540. The fourth-order valence-corrected chi connectivity index (χ4v) is 2.43. The Morgan fingerprint density at radius 1 is 1.60 bits per heavy atom. The highest BCUT2D eigenvalue weighted by Crippen LogP contribution is 2.30. The molecule has 1 aromatic rings. The van der Waals surface area contributed by atoms with E-state index in [1.165, 1.54) is 11.3 Å². The Kier molecular flexibility index (Phi) is 3.79. The Balaban J connectivity index is 2.61. The zero-order valence-corrected chi connectivity index (χ0v) is 10.7. The molecule has 1 heterocycles. The molecule has 0 aromatic carbocycles. The van der Waals surface area contributed by atoms with Crippen LogP contribution in [0.25, 0.3) is 0 Å². The molecule has 2 nitrogen and oxygen atoms in total. The lowest BCUT2D eigenvalue weighted by Gasteiger charge is -2.17. The van der Waals surface area contributed by atoms with Gasteiger partial charge in [0.2, 0.25) is 0 Å². The maximum atomic E-state index is 10.9. The maximum Gasteiger partial charge on any atom is 0.309 e. The Bertz CT molecular complexity index is 349. The smallest absolute Gasteiger partial charge is 0.309 e. The lowest BCUT2D eigenvalue weighted by Crippen LogP contribution is -2.24. The van der Waals surface area contributed by atoms with Crippen LogP contribution in [0, 0.1) is 12.3 Å². The van der Waals surface area contributed by atoms with Crippen molar-refractivity contribution in [2.24, 2.45) is 5.41 Å². The summed E-state index contributed by atoms with van der Waals surface area (Å²) >= 11 is 7.48. The van der Waals surface area contributed by atoms with Crippen LogP contribution in [0.2, 0.25) is 4.34 Å². The van der Waals surface area contributed by atoms with E-state index in [-0.39, 0.29) is 0 Å². The predicted octanol–water partition coefficient (Wildman–Crippen LogP) is 3.75. The van der Waals surface area contributed by atoms with Gasteiger partial charge in [0.15, 0.2) is 0 Å². The van der Waals surface area contributed by atoms with Gasteiger partial charge < -0.3 is 5.11 Å². The number of aryl methyl sites for hydroxylation is 2. The molecule has 1 rings (SSSR count). The monoisotopic (exact) mass is 246 g/mol. The highest BCUT2D eigenvalue weighted by Gasteiger charge is 2.26. The average molecular weight is 247 g/mol. The molecule has 0 saturated carbocycles. The van der Waals surface area contributed by atoms with Gasteiger partial charge in [-0.15, -0.1) is 11.3 Å². The number of carbonyl (C=O) groups is 1. The number of hydrogen-bond donors (Lipinski definition) is 1. The molecule has 1 N–H and O–H groups in total. The molecule has 0 unspecified atom stereocenters. The topological polar surface area (TPSA) is 37.3 Å². The SMILES string of the molecule is Cc1cc(CCC(C)(C)C(=O)O)sc1Cl. The van der Waals surface area contributed by atoms with Gasteiger partial charge in [-0.3, -0.25) is 4.79 Å². The molecule has 0 radical (unpaired) electrons. The van der Waals surface area contributed by atoms with E-state index in [0.717, 1.165) is 21.2 Å². The number of hydrogen-bond acceptors (Lipinski definition) is 2. The van der Waals surface area contributed by atoms with Crippen LogP contribution in [-0.4, -0.2) is 11.1 Å². The Morgan fingerprint density at radius 3 is 2.60 bits per heavy atom. The zero-order valence-electron chi connectivity index (χ0n) is 9.13. The van der Waals surface area contributed by atoms with E-state index in [0.29, 0.717) is 6.42 Å². The highest BCUT2D eigenvalue weighted by molar-refractivity contribution is 7.16. The van der Waals surface area contributed by atoms with Gasteiger partial charge in [0, 0.05) is 4.88 Å². The van der Waals surface area contributed by atoms with Crippen molar-refractivity contribution in [3.05, 3.63) is 20.8 Å². The normalized spacial score (nSPS) is 11.7. The number of carboxylic acids is 1. The Morgan fingerprint density at radius 2 is 2.20 bits per heavy atom. The summed E-state index contributed by atoms with van der Waals surface area (Å²) in [5.74, 6) is -0.748. The third kappa shape index (κ3) is 3.21. The van der Waals surface area contributed by atoms with E-state index in [1.807, 2.05) is 13.0 Å². The molecular weight excluding hydrogens is 232 g/mol. The summed E-state index contributed by atoms with van der Waals surface area (Å²) < 4.78 is 0.804. The van der Waals surface area contributed by atoms with Gasteiger partial charge in [-0.1, -0.05) is 11.6 Å². The standard InChI is InChI=1S/C11H15ClO2S/c1-7-6-8(15-9(7)12)4-5-11(2,3)10(13)14/h6H,4-5H2,1-3H3,(H,13,14). The number of rotatable bonds is 4. The fourth-order valence-electron chi connectivity index (χ4n) is 1.19. The molecule has 0 bridgehead atoms. The first-order valence-electron chi connectivity index (χ1n) is 4.81. The van der Waals surface area contributed by atoms with Gasteiger partial charge in [-0.2, -0.15) is 0 Å². The third-order valence-corrected chi connectivity index (χ3v) is 4.10. The minimum absolute atomic E-state index is 0.638. The summed E-state index contributed by atoms with van der Waals surface area (Å²) in [5, 5.41) is 8.96. The van der Waals surface area contributed by atoms with E-state index < -0.39 is 11.4 Å². The summed E-state index contributed by atoms with van der Waals surface area (Å²) in [6.45, 7) is 5.46. The average Bonchev–Trinajstić information content (AvgIpc) is 2.43. The van der Waals surface area contributed by atoms with Crippen LogP contribution in [0.3, 0.4) is 0 Å². The molecule has 0 aliphatic carbocycles. The van der Waals surface area contributed by atoms with Gasteiger partial charge >= 0.3 is 5.97 Å². The number of carboxylic acid groups (broad SMARTS) is 1. The minimum Gasteiger partial charge on any atom is -0.481 e. The largest absolute Gasteiger partial charge is 0.481 e. The second kappa shape index (κ2) is 4.54. The third-order valence-electron chi connectivity index (χ3n) is 2.48. The van der Waals surface area contributed by atoms with Crippen molar-refractivity contribution in [1.29, 1.82) is 0 Å². The molecule has 84 valence electrons. The number of thiophene rings is 1. The second-order valence-corrected chi connectivity index (χ2v) is 6.10. The van der Waals surface area contributed by atoms with Crippen molar-refractivity contribution in [3.63, 3.8) is 0 Å². The molecule has 0 aliphatic rings. The van der Waals surface area contributed by atoms with Gasteiger partial charge in [0.05, 0.1) is 9.75 Å². The van der Waals surface area contributed by atoms with E-state index in [4.69, 9.17) is 16.7 Å². The molecule has 0 atom stereocenters. The zero-order chi connectivity index (χ0) is 11.6. The molecule has 4 heteroatoms. The van der Waals surface area contributed by atoms with E-state index >= 15 is 0 Å². The first-order chi connectivity index (χ1) is 6.83. The first-order valence-corrected chi connectivity index (χ1v) is 6.00. The molecule has 15 heavy (non-hydrogen) atoms. The number of halogens is 1. The van der Waals surface area contributed by atoms with Crippen molar-refractivity contribution in [2.45, 2.75) is 33.6 Å². The van der Waals surface area contributed by atoms with Gasteiger partial charge in [-0.25, -0.2) is 0 Å². The summed E-state index contributed by atoms with van der Waals surface area (Å²) in [5.41, 5.74) is 0.412. The molecular formula is C11H15ClO2S. The molecule has 0 fully saturated rings. The van der Waals surface area contributed by atoms with E-state index in [9.17, 15) is 4.79 Å². The van der Waals surface area contributed by atoms with Crippen LogP contribution in [-0.2, 0) is 11.2 Å². The van der Waals surface area contributed by atoms with Crippen LogP contribution < -0.4 is 0 Å². The summed E-state index contributed by atoms with van der Waals surface area (Å²) in [6, 6.07) is 2.03. The lowest BCUT2D eigenvalue weighted by molar-refractivity contribution is -0.147. The lowest BCUT2D eigenvalue weighted by atomic mass is 9.88. The summed E-state index contributed by atoms with van der Waals surface area (Å²) in [7, 11) is 0. The van der Waals surface area contributed by atoms with Crippen LogP contribution in [0.1, 0.15) is 30.7 Å². The molecule has 1 aromatic heterocycles. The van der Waals surface area contributed by atoms with Crippen molar-refractivity contribution < 1.29 is 9.90 Å². The van der Waals surface area contributed by atoms with E-state index in [1.54, 1.807) is 13.8 Å². The van der Waals surface area contributed by atoms with Gasteiger partial charge in [0.1, 0.15) is 0 Å². The van der Waals surface area contributed by atoms with Crippen LogP contribution in [0.4, 0.5) is 0 Å². The molecule has 0 amide bonds. The van der Waals surface area contributed by atoms with Gasteiger partial charge in [-0.05, 0) is 45.2 Å². The highest BCUT2D eigenvalue weighted by atomic mass is 35.5. The first kappa shape index (κ1) is 12.5. The van der Waals surface area contributed by atoms with Crippen LogP contribution in [0.5, 0.6) is 0 Å². The summed E-state index contributed by atoms with van der Waals surface area (Å²) in [4.78, 5) is 12.1. The number of aliphatic carboxylic acids is 1. The molecule has 0 saturated heterocycles. The second-order valence-electron chi connectivity index (χ2n) is 4.36. The Labute approximate surface area is 98.9 Å². The van der Waals surface area contributed by atoms with Crippen molar-refractivity contribution in [2.75, 3.05) is 0 Å². The minimum atomic E-state index is -0.748. The van der Waals surface area contributed by atoms with Crippen LogP contribution in [0.15, 0.2) is 6.07 Å². The van der Waals surface area contributed by atoms with Crippen molar-refractivity contribution in [3.8, 4) is 0 Å². The van der Waals surface area contributed by atoms with Crippen molar-refractivity contribution >= 4 is 28.9 Å².